The van der Waals surface area contributed by atoms with Crippen molar-refractivity contribution in [2.45, 2.75) is 12.8 Å². The zero-order valence-electron chi connectivity index (χ0n) is 5.91. The van der Waals surface area contributed by atoms with Crippen molar-refractivity contribution in [2.24, 2.45) is 7.05 Å². The van der Waals surface area contributed by atoms with Crippen LogP contribution in [0.25, 0.3) is 0 Å². The van der Waals surface area contributed by atoms with E-state index in [1.54, 1.807) is 12.5 Å². The summed E-state index contributed by atoms with van der Waals surface area (Å²) in [5, 5.41) is 8.28. The van der Waals surface area contributed by atoms with Crippen LogP contribution in [-0.4, -0.2) is 9.55 Å². The van der Waals surface area contributed by atoms with Gasteiger partial charge >= 0.3 is 0 Å². The molecule has 0 amide bonds. The summed E-state index contributed by atoms with van der Waals surface area (Å²) in [6.45, 7) is 0. The normalized spacial score (nSPS) is 9.20. The Hall–Kier alpha value is -1.30. The van der Waals surface area contributed by atoms with E-state index in [1.165, 1.54) is 0 Å². The van der Waals surface area contributed by atoms with Crippen LogP contribution in [0.2, 0.25) is 0 Å². The molecule has 0 saturated carbocycles. The van der Waals surface area contributed by atoms with Gasteiger partial charge in [0.2, 0.25) is 0 Å². The number of aryl methyl sites for hydroxylation is 2. The molecule has 0 aliphatic carbocycles. The molecule has 1 rings (SSSR count). The van der Waals surface area contributed by atoms with Crippen LogP contribution in [0.1, 0.15) is 12.1 Å². The molecule has 0 atom stereocenters. The number of hydrogen-bond acceptors (Lipinski definition) is 2. The van der Waals surface area contributed by atoms with E-state index in [0.717, 1.165) is 12.1 Å². The Morgan fingerprint density at radius 1 is 1.80 bits per heavy atom. The van der Waals surface area contributed by atoms with Gasteiger partial charge in [-0.3, -0.25) is 0 Å². The second kappa shape index (κ2) is 3.02. The Balaban J connectivity index is 2.59. The van der Waals surface area contributed by atoms with Gasteiger partial charge in [0.25, 0.3) is 0 Å². The van der Waals surface area contributed by atoms with Crippen LogP contribution >= 0.6 is 0 Å². The Bertz CT molecular complexity index is 244. The van der Waals surface area contributed by atoms with E-state index >= 15 is 0 Å². The van der Waals surface area contributed by atoms with Crippen LogP contribution in [0.5, 0.6) is 0 Å². The average molecular weight is 135 g/mol. The van der Waals surface area contributed by atoms with Gasteiger partial charge in [0, 0.05) is 31.8 Å². The van der Waals surface area contributed by atoms with Gasteiger partial charge in [-0.25, -0.2) is 4.98 Å². The van der Waals surface area contributed by atoms with Crippen LogP contribution in [-0.2, 0) is 13.5 Å². The maximum atomic E-state index is 8.28. The lowest BCUT2D eigenvalue weighted by Gasteiger charge is -1.95. The molecular formula is C7H9N3. The lowest BCUT2D eigenvalue weighted by molar-refractivity contribution is 0.811. The van der Waals surface area contributed by atoms with Gasteiger partial charge in [-0.05, 0) is 0 Å². The molecule has 0 N–H and O–H groups in total. The minimum Gasteiger partial charge on any atom is -0.338 e. The van der Waals surface area contributed by atoms with Crippen molar-refractivity contribution in [2.75, 3.05) is 0 Å². The van der Waals surface area contributed by atoms with Crippen molar-refractivity contribution in [3.8, 4) is 6.07 Å². The zero-order valence-corrected chi connectivity index (χ0v) is 5.91. The van der Waals surface area contributed by atoms with Crippen LogP contribution in [0.4, 0.5) is 0 Å². The minimum absolute atomic E-state index is 0.569. The van der Waals surface area contributed by atoms with E-state index < -0.39 is 0 Å². The van der Waals surface area contributed by atoms with E-state index in [0.29, 0.717) is 6.42 Å². The molecule has 0 radical (unpaired) electrons. The first-order valence-corrected chi connectivity index (χ1v) is 3.16. The molecule has 3 heteroatoms. The number of nitriles is 1. The van der Waals surface area contributed by atoms with E-state index in [-0.39, 0.29) is 0 Å². The molecule has 1 heterocycles. The van der Waals surface area contributed by atoms with Crippen molar-refractivity contribution in [3.05, 3.63) is 18.2 Å². The summed E-state index contributed by atoms with van der Waals surface area (Å²) < 4.78 is 1.93. The van der Waals surface area contributed by atoms with Crippen molar-refractivity contribution in [1.82, 2.24) is 9.55 Å². The molecule has 10 heavy (non-hydrogen) atoms. The highest BCUT2D eigenvalue weighted by Crippen LogP contribution is 1.98. The molecule has 0 aromatic carbocycles. The number of nitrogens with zero attached hydrogens (tertiary/aromatic N) is 3. The Kier molecular flexibility index (Phi) is 2.06. The fourth-order valence-corrected chi connectivity index (χ4v) is 0.809. The molecule has 0 unspecified atom stereocenters. The lowest BCUT2D eigenvalue weighted by atomic mass is 10.3. The maximum absolute atomic E-state index is 8.28. The minimum atomic E-state index is 0.569. The number of hydrogen-bond donors (Lipinski definition) is 0. The molecule has 3 nitrogen and oxygen atoms in total. The van der Waals surface area contributed by atoms with E-state index in [9.17, 15) is 0 Å². The maximum Gasteiger partial charge on any atom is 0.0945 e. The van der Waals surface area contributed by atoms with Gasteiger partial charge in [0.15, 0.2) is 0 Å². The monoisotopic (exact) mass is 135 g/mol. The van der Waals surface area contributed by atoms with E-state index in [1.807, 2.05) is 11.6 Å². The van der Waals surface area contributed by atoms with Crippen LogP contribution in [0.3, 0.4) is 0 Å². The first kappa shape index (κ1) is 6.81. The Morgan fingerprint density at radius 2 is 2.60 bits per heavy atom. The van der Waals surface area contributed by atoms with Crippen molar-refractivity contribution < 1.29 is 0 Å². The van der Waals surface area contributed by atoms with Gasteiger partial charge in [0.1, 0.15) is 0 Å². The fourth-order valence-electron chi connectivity index (χ4n) is 0.809. The summed E-state index contributed by atoms with van der Waals surface area (Å²) in [4.78, 5) is 3.93. The molecule has 0 spiro atoms. The quantitative estimate of drug-likeness (QED) is 0.604. The molecule has 1 aromatic heterocycles. The van der Waals surface area contributed by atoms with E-state index in [4.69, 9.17) is 5.26 Å². The number of imidazole rings is 1. The van der Waals surface area contributed by atoms with Gasteiger partial charge in [-0.15, -0.1) is 0 Å². The SMILES string of the molecule is Cn1cncc1CCC#N. The second-order valence-electron chi connectivity index (χ2n) is 2.15. The molecule has 52 valence electrons. The Morgan fingerprint density at radius 3 is 3.10 bits per heavy atom. The van der Waals surface area contributed by atoms with Crippen LogP contribution < -0.4 is 0 Å². The molecule has 0 bridgehead atoms. The third kappa shape index (κ3) is 1.35. The summed E-state index contributed by atoms with van der Waals surface area (Å²) in [6.07, 6.45) is 4.90. The predicted octanol–water partition coefficient (Wildman–Crippen LogP) is 0.876. The van der Waals surface area contributed by atoms with Crippen molar-refractivity contribution in [3.63, 3.8) is 0 Å². The summed E-state index contributed by atoms with van der Waals surface area (Å²) in [5.74, 6) is 0. The standard InChI is InChI=1S/C7H9N3/c1-10-6-9-5-7(10)3-2-4-8/h5-6H,2-3H2,1H3. The summed E-state index contributed by atoms with van der Waals surface area (Å²) in [6, 6.07) is 2.09. The lowest BCUT2D eigenvalue weighted by Crippen LogP contribution is -1.93. The first-order valence-electron chi connectivity index (χ1n) is 3.16. The third-order valence-electron chi connectivity index (χ3n) is 1.41. The van der Waals surface area contributed by atoms with E-state index in [2.05, 4.69) is 11.1 Å². The van der Waals surface area contributed by atoms with Crippen LogP contribution in [0, 0.1) is 11.3 Å². The molecule has 0 aliphatic heterocycles. The average Bonchev–Trinajstić information content (AvgIpc) is 2.31. The van der Waals surface area contributed by atoms with Gasteiger partial charge in [-0.2, -0.15) is 5.26 Å². The molecule has 0 fully saturated rings. The summed E-state index contributed by atoms with van der Waals surface area (Å²) in [7, 11) is 1.93. The highest BCUT2D eigenvalue weighted by molar-refractivity contribution is 4.99. The molecule has 1 aromatic rings. The molecule has 0 saturated heterocycles. The van der Waals surface area contributed by atoms with Gasteiger partial charge in [-0.1, -0.05) is 0 Å². The third-order valence-corrected chi connectivity index (χ3v) is 1.41. The zero-order chi connectivity index (χ0) is 7.40. The predicted molar refractivity (Wildman–Crippen MR) is 37.1 cm³/mol. The van der Waals surface area contributed by atoms with Gasteiger partial charge in [0.05, 0.1) is 12.4 Å². The summed E-state index contributed by atoms with van der Waals surface area (Å²) >= 11 is 0. The topological polar surface area (TPSA) is 41.6 Å². The van der Waals surface area contributed by atoms with Crippen LogP contribution in [0.15, 0.2) is 12.5 Å². The fraction of sp³-hybridized carbons (Fsp3) is 0.429. The number of aromatic nitrogens is 2. The molecular weight excluding hydrogens is 126 g/mol. The smallest absolute Gasteiger partial charge is 0.0945 e. The molecule has 0 aliphatic rings. The first-order chi connectivity index (χ1) is 4.84. The van der Waals surface area contributed by atoms with Crippen molar-refractivity contribution >= 4 is 0 Å². The number of rotatable bonds is 2. The van der Waals surface area contributed by atoms with Crippen molar-refractivity contribution in [1.29, 1.82) is 5.26 Å². The highest BCUT2D eigenvalue weighted by Gasteiger charge is 1.95. The summed E-state index contributed by atoms with van der Waals surface area (Å²) in [5.41, 5.74) is 1.11. The van der Waals surface area contributed by atoms with Gasteiger partial charge < -0.3 is 4.57 Å². The highest BCUT2D eigenvalue weighted by atomic mass is 15.0. The largest absolute Gasteiger partial charge is 0.338 e. The second-order valence-corrected chi connectivity index (χ2v) is 2.15. The Labute approximate surface area is 59.9 Å².